The van der Waals surface area contributed by atoms with Crippen LogP contribution in [0.5, 0.6) is 5.75 Å². The number of nitrogens with zero attached hydrogens (tertiary/aromatic N) is 3. The third-order valence-corrected chi connectivity index (χ3v) is 7.56. The molecule has 4 aromatic rings. The Bertz CT molecular complexity index is 1620. The SMILES string of the molecule is O=C(Cc1ccc(C(=O)Cc2cnc(Nc3cccc(OCCN4CCCC4)c3)nc2)c(Cl)c1)c1cccc(C(F)(F)F)c1. The second kappa shape index (κ2) is 14.0. The number of rotatable bonds is 12. The van der Waals surface area contributed by atoms with Crippen molar-refractivity contribution in [2.45, 2.75) is 31.9 Å². The van der Waals surface area contributed by atoms with E-state index in [9.17, 15) is 22.8 Å². The number of halogens is 4. The van der Waals surface area contributed by atoms with Crippen molar-refractivity contribution in [2.24, 2.45) is 0 Å². The average Bonchev–Trinajstić information content (AvgIpc) is 3.52. The lowest BCUT2D eigenvalue weighted by molar-refractivity contribution is -0.137. The largest absolute Gasteiger partial charge is 0.492 e. The summed E-state index contributed by atoms with van der Waals surface area (Å²) >= 11 is 6.36. The molecular formula is C33H30ClF3N4O3. The zero-order chi connectivity index (χ0) is 31.1. The van der Waals surface area contributed by atoms with E-state index < -0.39 is 17.5 Å². The quantitative estimate of drug-likeness (QED) is 0.167. The maximum Gasteiger partial charge on any atom is 0.416 e. The number of Topliss-reactive ketones (excluding diaryl/α,β-unsaturated/α-hetero) is 2. The van der Waals surface area contributed by atoms with Crippen LogP contribution >= 0.6 is 11.6 Å². The van der Waals surface area contributed by atoms with Crippen molar-refractivity contribution in [3.63, 3.8) is 0 Å². The van der Waals surface area contributed by atoms with E-state index >= 15 is 0 Å². The van der Waals surface area contributed by atoms with Gasteiger partial charge in [-0.05, 0) is 73.5 Å². The highest BCUT2D eigenvalue weighted by atomic mass is 35.5. The molecule has 0 unspecified atom stereocenters. The molecule has 1 N–H and O–H groups in total. The number of carbonyl (C=O) groups is 2. The molecule has 5 rings (SSSR count). The highest BCUT2D eigenvalue weighted by Gasteiger charge is 2.31. The lowest BCUT2D eigenvalue weighted by Gasteiger charge is -2.15. The van der Waals surface area contributed by atoms with Crippen molar-refractivity contribution in [3.8, 4) is 5.75 Å². The van der Waals surface area contributed by atoms with E-state index in [1.165, 1.54) is 37.1 Å². The van der Waals surface area contributed by atoms with Crippen LogP contribution in [0.2, 0.25) is 5.02 Å². The first-order valence-electron chi connectivity index (χ1n) is 14.2. The molecule has 0 aliphatic carbocycles. The van der Waals surface area contributed by atoms with Crippen molar-refractivity contribution < 1.29 is 27.5 Å². The molecule has 1 aromatic heterocycles. The van der Waals surface area contributed by atoms with Gasteiger partial charge in [0, 0.05) is 54.7 Å². The summed E-state index contributed by atoms with van der Waals surface area (Å²) in [6.45, 7) is 3.77. The zero-order valence-corrected chi connectivity index (χ0v) is 24.5. The Balaban J connectivity index is 1.14. The third-order valence-electron chi connectivity index (χ3n) is 7.25. The van der Waals surface area contributed by atoms with Gasteiger partial charge in [0.05, 0.1) is 10.6 Å². The molecule has 0 spiro atoms. The van der Waals surface area contributed by atoms with Gasteiger partial charge in [-0.25, -0.2) is 9.97 Å². The summed E-state index contributed by atoms with van der Waals surface area (Å²) in [5, 5.41) is 3.28. The first-order valence-corrected chi connectivity index (χ1v) is 14.6. The molecule has 1 fully saturated rings. The molecule has 228 valence electrons. The predicted molar refractivity (Wildman–Crippen MR) is 162 cm³/mol. The molecule has 1 saturated heterocycles. The van der Waals surface area contributed by atoms with E-state index in [0.717, 1.165) is 43.2 Å². The highest BCUT2D eigenvalue weighted by molar-refractivity contribution is 6.34. The topological polar surface area (TPSA) is 84.4 Å². The van der Waals surface area contributed by atoms with Crippen molar-refractivity contribution in [1.82, 2.24) is 14.9 Å². The van der Waals surface area contributed by atoms with Crippen LogP contribution in [0.4, 0.5) is 24.8 Å². The van der Waals surface area contributed by atoms with Gasteiger partial charge in [-0.2, -0.15) is 13.2 Å². The van der Waals surface area contributed by atoms with E-state index in [1.807, 2.05) is 24.3 Å². The lowest BCUT2D eigenvalue weighted by Crippen LogP contribution is -2.25. The Morgan fingerprint density at radius 2 is 1.61 bits per heavy atom. The van der Waals surface area contributed by atoms with Crippen LogP contribution in [0.25, 0.3) is 0 Å². The second-order valence-corrected chi connectivity index (χ2v) is 11.0. The van der Waals surface area contributed by atoms with Gasteiger partial charge in [-0.1, -0.05) is 35.9 Å². The van der Waals surface area contributed by atoms with Gasteiger partial charge in [0.2, 0.25) is 5.95 Å². The van der Waals surface area contributed by atoms with Crippen molar-refractivity contribution in [2.75, 3.05) is 31.6 Å². The number of ether oxygens (including phenoxy) is 1. The molecule has 0 saturated carbocycles. The van der Waals surface area contributed by atoms with E-state index in [0.29, 0.717) is 23.7 Å². The summed E-state index contributed by atoms with van der Waals surface area (Å²) in [7, 11) is 0. The number of carbonyl (C=O) groups excluding carboxylic acids is 2. The monoisotopic (exact) mass is 622 g/mol. The fraction of sp³-hybridized carbons (Fsp3) is 0.273. The predicted octanol–water partition coefficient (Wildman–Crippen LogP) is 7.22. The average molecular weight is 623 g/mol. The van der Waals surface area contributed by atoms with Crippen molar-refractivity contribution in [1.29, 1.82) is 0 Å². The van der Waals surface area contributed by atoms with Crippen LogP contribution < -0.4 is 10.1 Å². The van der Waals surface area contributed by atoms with Crippen LogP contribution in [0, 0.1) is 0 Å². The highest BCUT2D eigenvalue weighted by Crippen LogP contribution is 2.30. The Morgan fingerprint density at radius 1 is 0.886 bits per heavy atom. The Kier molecular flexibility index (Phi) is 9.92. The molecule has 1 aliphatic rings. The Hall–Kier alpha value is -4.28. The van der Waals surface area contributed by atoms with Gasteiger partial charge in [0.15, 0.2) is 11.6 Å². The number of nitrogens with one attached hydrogen (secondary N) is 1. The number of anilines is 2. The molecule has 0 atom stereocenters. The second-order valence-electron chi connectivity index (χ2n) is 10.6. The third kappa shape index (κ3) is 8.42. The first kappa shape index (κ1) is 31.2. The normalized spacial score (nSPS) is 13.5. The summed E-state index contributed by atoms with van der Waals surface area (Å²) in [6.07, 6.45) is 0.895. The van der Waals surface area contributed by atoms with E-state index in [4.69, 9.17) is 16.3 Å². The number of hydrogen-bond acceptors (Lipinski definition) is 7. The first-order chi connectivity index (χ1) is 21.1. The van der Waals surface area contributed by atoms with Crippen molar-refractivity contribution in [3.05, 3.63) is 112 Å². The van der Waals surface area contributed by atoms with Gasteiger partial charge in [0.25, 0.3) is 0 Å². The molecule has 3 aromatic carbocycles. The molecule has 7 nitrogen and oxygen atoms in total. The van der Waals surface area contributed by atoms with Crippen LogP contribution in [0.3, 0.4) is 0 Å². The van der Waals surface area contributed by atoms with Crippen LogP contribution in [-0.4, -0.2) is 52.7 Å². The smallest absolute Gasteiger partial charge is 0.416 e. The maximum absolute atomic E-state index is 13.0. The molecule has 0 bridgehead atoms. The molecular weight excluding hydrogens is 593 g/mol. The zero-order valence-electron chi connectivity index (χ0n) is 23.7. The minimum atomic E-state index is -4.54. The van der Waals surface area contributed by atoms with Crippen LogP contribution in [0.15, 0.2) is 79.1 Å². The van der Waals surface area contributed by atoms with Gasteiger partial charge < -0.3 is 10.1 Å². The number of hydrogen-bond donors (Lipinski definition) is 1. The number of aromatic nitrogens is 2. The number of likely N-dealkylation sites (tertiary alicyclic amines) is 1. The van der Waals surface area contributed by atoms with Crippen LogP contribution in [0.1, 0.15) is 50.2 Å². The summed E-state index contributed by atoms with van der Waals surface area (Å²) < 4.78 is 44.9. The summed E-state index contributed by atoms with van der Waals surface area (Å²) in [5.74, 6) is 0.352. The Labute approximate surface area is 258 Å². The molecule has 44 heavy (non-hydrogen) atoms. The Morgan fingerprint density at radius 3 is 2.34 bits per heavy atom. The van der Waals surface area contributed by atoms with E-state index in [1.54, 1.807) is 18.5 Å². The standard InChI is InChI=1S/C33H30ClF3N4O3/c34-29-15-22(16-30(42)24-5-3-6-25(18-24)33(35,36)37)9-10-28(29)31(43)17-23-20-38-32(39-21-23)40-26-7-4-8-27(19-26)44-14-13-41-11-1-2-12-41/h3-10,15,18-21H,1-2,11-14,16-17H2,(H,38,39,40). The fourth-order valence-corrected chi connectivity index (χ4v) is 5.24. The molecule has 0 amide bonds. The maximum atomic E-state index is 13.0. The molecule has 0 radical (unpaired) electrons. The van der Waals surface area contributed by atoms with E-state index in [2.05, 4.69) is 20.2 Å². The van der Waals surface area contributed by atoms with Crippen LogP contribution in [-0.2, 0) is 19.0 Å². The number of benzene rings is 3. The fourth-order valence-electron chi connectivity index (χ4n) is 4.93. The van der Waals surface area contributed by atoms with Gasteiger partial charge >= 0.3 is 6.18 Å². The summed E-state index contributed by atoms with van der Waals surface area (Å²) in [5.41, 5.74) is 1.14. The summed E-state index contributed by atoms with van der Waals surface area (Å²) in [4.78, 5) is 36.6. The van der Waals surface area contributed by atoms with Gasteiger partial charge in [-0.15, -0.1) is 0 Å². The minimum absolute atomic E-state index is 0.00283. The lowest BCUT2D eigenvalue weighted by atomic mass is 9.98. The molecule has 1 aliphatic heterocycles. The molecule has 11 heteroatoms. The van der Waals surface area contributed by atoms with Crippen molar-refractivity contribution >= 4 is 34.8 Å². The number of ketones is 2. The van der Waals surface area contributed by atoms with E-state index in [-0.39, 0.29) is 34.8 Å². The van der Waals surface area contributed by atoms with Gasteiger partial charge in [0.1, 0.15) is 12.4 Å². The molecule has 2 heterocycles. The van der Waals surface area contributed by atoms with Gasteiger partial charge in [-0.3, -0.25) is 14.5 Å². The minimum Gasteiger partial charge on any atom is -0.492 e. The summed E-state index contributed by atoms with van der Waals surface area (Å²) in [6, 6.07) is 16.4. The number of alkyl halides is 3.